The van der Waals surface area contributed by atoms with E-state index < -0.39 is 11.9 Å². The number of piperidine rings is 1. The number of carbonyl (C=O) groups is 2. The lowest BCUT2D eigenvalue weighted by Gasteiger charge is -2.38. The molecule has 5 nitrogen and oxygen atoms in total. The molecule has 1 fully saturated rings. The third-order valence-corrected chi connectivity index (χ3v) is 3.79. The molecule has 1 aliphatic heterocycles. The van der Waals surface area contributed by atoms with Crippen LogP contribution in [0.2, 0.25) is 0 Å². The summed E-state index contributed by atoms with van der Waals surface area (Å²) in [7, 11) is 1.69. The fraction of sp³-hybridized carbons (Fsp3) is 0.857. The van der Waals surface area contributed by atoms with Gasteiger partial charge in [0.1, 0.15) is 0 Å². The number of carboxylic acid groups (broad SMARTS) is 1. The van der Waals surface area contributed by atoms with Crippen molar-refractivity contribution >= 4 is 12.0 Å². The molecule has 1 saturated heterocycles. The molecule has 2 amide bonds. The minimum absolute atomic E-state index is 0.0220. The van der Waals surface area contributed by atoms with Crippen molar-refractivity contribution in [2.24, 2.45) is 5.92 Å². The highest BCUT2D eigenvalue weighted by Gasteiger charge is 2.29. The highest BCUT2D eigenvalue weighted by atomic mass is 16.4. The van der Waals surface area contributed by atoms with Gasteiger partial charge in [-0.25, -0.2) is 4.79 Å². The summed E-state index contributed by atoms with van der Waals surface area (Å²) >= 11 is 0. The number of aliphatic carboxylic acids is 1. The second-order valence-electron chi connectivity index (χ2n) is 5.53. The van der Waals surface area contributed by atoms with Crippen molar-refractivity contribution in [2.75, 3.05) is 20.1 Å². The van der Waals surface area contributed by atoms with Gasteiger partial charge in [-0.1, -0.05) is 20.3 Å². The number of carbonyl (C=O) groups excluding carboxylic acids is 1. The van der Waals surface area contributed by atoms with Crippen molar-refractivity contribution in [1.29, 1.82) is 0 Å². The van der Waals surface area contributed by atoms with E-state index in [-0.39, 0.29) is 12.6 Å². The van der Waals surface area contributed by atoms with E-state index in [2.05, 4.69) is 6.92 Å². The summed E-state index contributed by atoms with van der Waals surface area (Å²) in [5.74, 6) is -1.38. The van der Waals surface area contributed by atoms with Gasteiger partial charge in [0.05, 0.1) is 5.92 Å². The second-order valence-corrected chi connectivity index (χ2v) is 5.53. The quantitative estimate of drug-likeness (QED) is 0.834. The zero-order valence-electron chi connectivity index (χ0n) is 12.3. The van der Waals surface area contributed by atoms with Gasteiger partial charge < -0.3 is 14.9 Å². The third-order valence-electron chi connectivity index (χ3n) is 3.79. The molecule has 110 valence electrons. The molecule has 0 radical (unpaired) electrons. The zero-order chi connectivity index (χ0) is 14.4. The van der Waals surface area contributed by atoms with E-state index in [9.17, 15) is 9.59 Å². The molecule has 1 rings (SSSR count). The summed E-state index contributed by atoms with van der Waals surface area (Å²) in [6.45, 7) is 4.83. The number of carboxylic acids is 1. The number of amides is 2. The molecule has 1 heterocycles. The van der Waals surface area contributed by atoms with Gasteiger partial charge in [0.25, 0.3) is 0 Å². The molecular weight excluding hydrogens is 244 g/mol. The van der Waals surface area contributed by atoms with Crippen molar-refractivity contribution < 1.29 is 14.7 Å². The van der Waals surface area contributed by atoms with E-state index >= 15 is 0 Å². The Balaban J connectivity index is 2.60. The average molecular weight is 270 g/mol. The highest BCUT2D eigenvalue weighted by Crippen LogP contribution is 2.22. The summed E-state index contributed by atoms with van der Waals surface area (Å²) in [5.41, 5.74) is 0. The molecule has 19 heavy (non-hydrogen) atoms. The first-order valence-corrected chi connectivity index (χ1v) is 7.21. The molecule has 0 aromatic rings. The predicted molar refractivity (Wildman–Crippen MR) is 74.1 cm³/mol. The molecule has 0 bridgehead atoms. The van der Waals surface area contributed by atoms with Crippen LogP contribution in [0.25, 0.3) is 0 Å². The molecule has 0 spiro atoms. The van der Waals surface area contributed by atoms with Crippen molar-refractivity contribution in [3.05, 3.63) is 0 Å². The molecule has 0 aromatic carbocycles. The minimum atomic E-state index is -0.858. The highest BCUT2D eigenvalue weighted by molar-refractivity contribution is 5.76. The zero-order valence-corrected chi connectivity index (χ0v) is 12.3. The monoisotopic (exact) mass is 270 g/mol. The molecular formula is C14H26N2O3. The van der Waals surface area contributed by atoms with Crippen LogP contribution in [0.4, 0.5) is 4.79 Å². The summed E-state index contributed by atoms with van der Waals surface area (Å²) in [6.07, 6.45) is 5.41. The summed E-state index contributed by atoms with van der Waals surface area (Å²) in [6, 6.07) is 0.306. The van der Waals surface area contributed by atoms with Gasteiger partial charge in [0.15, 0.2) is 0 Å². The van der Waals surface area contributed by atoms with E-state index in [0.29, 0.717) is 6.04 Å². The number of hydrogen-bond donors (Lipinski definition) is 1. The van der Waals surface area contributed by atoms with E-state index in [0.717, 1.165) is 32.2 Å². The van der Waals surface area contributed by atoms with Crippen LogP contribution in [-0.2, 0) is 4.79 Å². The van der Waals surface area contributed by atoms with Gasteiger partial charge in [0, 0.05) is 26.2 Å². The van der Waals surface area contributed by atoms with E-state index in [4.69, 9.17) is 5.11 Å². The van der Waals surface area contributed by atoms with Crippen LogP contribution >= 0.6 is 0 Å². The second kappa shape index (κ2) is 7.36. The SMILES string of the molecule is CCCC1CCCCN1C(=O)N(C)CC(C)C(=O)O. The Labute approximate surface area is 115 Å². The van der Waals surface area contributed by atoms with Crippen molar-refractivity contribution in [1.82, 2.24) is 9.80 Å². The van der Waals surface area contributed by atoms with Gasteiger partial charge in [-0.15, -0.1) is 0 Å². The van der Waals surface area contributed by atoms with Gasteiger partial charge >= 0.3 is 12.0 Å². The molecule has 0 aromatic heterocycles. The molecule has 1 N–H and O–H groups in total. The lowest BCUT2D eigenvalue weighted by Crippen LogP contribution is -2.50. The number of rotatable bonds is 5. The van der Waals surface area contributed by atoms with Gasteiger partial charge in [-0.05, 0) is 25.7 Å². The average Bonchev–Trinajstić information content (AvgIpc) is 2.38. The van der Waals surface area contributed by atoms with Crippen molar-refractivity contribution in [3.8, 4) is 0 Å². The van der Waals surface area contributed by atoms with Crippen LogP contribution in [0, 0.1) is 5.92 Å². The van der Waals surface area contributed by atoms with Crippen LogP contribution in [0.5, 0.6) is 0 Å². The Kier molecular flexibility index (Phi) is 6.12. The summed E-state index contributed by atoms with van der Waals surface area (Å²) < 4.78 is 0. The maximum Gasteiger partial charge on any atom is 0.320 e. The normalized spacial score (nSPS) is 21.0. The van der Waals surface area contributed by atoms with E-state index in [1.165, 1.54) is 6.42 Å². The van der Waals surface area contributed by atoms with Crippen LogP contribution in [0.15, 0.2) is 0 Å². The topological polar surface area (TPSA) is 60.9 Å². The number of hydrogen-bond acceptors (Lipinski definition) is 2. The summed E-state index contributed by atoms with van der Waals surface area (Å²) in [4.78, 5) is 26.7. The Morgan fingerprint density at radius 1 is 1.42 bits per heavy atom. The van der Waals surface area contributed by atoms with Crippen LogP contribution in [-0.4, -0.2) is 53.1 Å². The Hall–Kier alpha value is -1.26. The Morgan fingerprint density at radius 3 is 2.68 bits per heavy atom. The van der Waals surface area contributed by atoms with Gasteiger partial charge in [-0.3, -0.25) is 4.79 Å². The van der Waals surface area contributed by atoms with Gasteiger partial charge in [-0.2, -0.15) is 0 Å². The summed E-state index contributed by atoms with van der Waals surface area (Å²) in [5, 5.41) is 8.91. The fourth-order valence-electron chi connectivity index (χ4n) is 2.67. The number of likely N-dealkylation sites (tertiary alicyclic amines) is 1. The fourth-order valence-corrected chi connectivity index (χ4v) is 2.67. The lowest BCUT2D eigenvalue weighted by molar-refractivity contribution is -0.141. The standard InChI is InChI=1S/C14H26N2O3/c1-4-7-12-8-5-6-9-16(12)14(19)15(3)10-11(2)13(17)18/h11-12H,4-10H2,1-3H3,(H,17,18). The molecule has 1 aliphatic rings. The van der Waals surface area contributed by atoms with Crippen molar-refractivity contribution in [2.45, 2.75) is 52.0 Å². The number of urea groups is 1. The first kappa shape index (κ1) is 15.8. The Bertz CT molecular complexity index is 318. The van der Waals surface area contributed by atoms with Crippen LogP contribution < -0.4 is 0 Å². The largest absolute Gasteiger partial charge is 0.481 e. The molecule has 0 saturated carbocycles. The smallest absolute Gasteiger partial charge is 0.320 e. The molecule has 5 heteroatoms. The lowest BCUT2D eigenvalue weighted by atomic mass is 9.98. The predicted octanol–water partition coefficient (Wildman–Crippen LogP) is 2.41. The number of nitrogens with zero attached hydrogens (tertiary/aromatic N) is 2. The first-order valence-electron chi connectivity index (χ1n) is 7.21. The molecule has 2 atom stereocenters. The maximum atomic E-state index is 12.4. The Morgan fingerprint density at radius 2 is 2.11 bits per heavy atom. The van der Waals surface area contributed by atoms with E-state index in [1.54, 1.807) is 18.9 Å². The van der Waals surface area contributed by atoms with Crippen molar-refractivity contribution in [3.63, 3.8) is 0 Å². The third kappa shape index (κ3) is 4.40. The molecule has 2 unspecified atom stereocenters. The molecule has 0 aliphatic carbocycles. The van der Waals surface area contributed by atoms with Gasteiger partial charge in [0.2, 0.25) is 0 Å². The maximum absolute atomic E-state index is 12.4. The van der Waals surface area contributed by atoms with E-state index in [1.807, 2.05) is 4.90 Å². The first-order chi connectivity index (χ1) is 8.97. The minimum Gasteiger partial charge on any atom is -0.481 e. The van der Waals surface area contributed by atoms with Crippen LogP contribution in [0.1, 0.15) is 46.0 Å². The van der Waals surface area contributed by atoms with Crippen LogP contribution in [0.3, 0.4) is 0 Å².